The molecule has 0 aliphatic carbocycles. The first-order valence-electron chi connectivity index (χ1n) is 7.02. The molecule has 0 aromatic heterocycles. The van der Waals surface area contributed by atoms with Crippen LogP contribution in [-0.2, 0) is 0 Å². The van der Waals surface area contributed by atoms with Gasteiger partial charge >= 0.3 is 0 Å². The van der Waals surface area contributed by atoms with E-state index in [0.717, 1.165) is 18.6 Å². The zero-order valence-electron chi connectivity index (χ0n) is 12.4. The highest BCUT2D eigenvalue weighted by Gasteiger charge is 2.19. The van der Waals surface area contributed by atoms with Crippen LogP contribution in [0.5, 0.6) is 5.75 Å². The Morgan fingerprint density at radius 1 is 1.11 bits per heavy atom. The predicted molar refractivity (Wildman–Crippen MR) is 78.1 cm³/mol. The van der Waals surface area contributed by atoms with Crippen LogP contribution in [0.3, 0.4) is 0 Å². The Hall–Kier alpha value is -1.02. The number of ether oxygens (including phenoxy) is 1. The Balaban J connectivity index is 2.88. The molecule has 0 saturated heterocycles. The average molecular weight is 249 g/mol. The first-order chi connectivity index (χ1) is 8.63. The molecule has 0 bridgehead atoms. The number of para-hydroxylation sites is 1. The molecule has 0 spiro atoms. The number of hydrogen-bond acceptors (Lipinski definition) is 2. The Morgan fingerprint density at radius 3 is 2.28 bits per heavy atom. The van der Waals surface area contributed by atoms with Crippen molar-refractivity contribution < 1.29 is 4.74 Å². The zero-order valence-corrected chi connectivity index (χ0v) is 12.4. The van der Waals surface area contributed by atoms with Crippen molar-refractivity contribution >= 4 is 0 Å². The maximum Gasteiger partial charge on any atom is 0.123 e. The molecule has 2 unspecified atom stereocenters. The Kier molecular flexibility index (Phi) is 6.20. The van der Waals surface area contributed by atoms with Crippen LogP contribution in [-0.4, -0.2) is 13.2 Å². The average Bonchev–Trinajstić information content (AvgIpc) is 2.40. The predicted octanol–water partition coefficient (Wildman–Crippen LogP) is 4.17. The SMILES string of the molecule is CCC(NC(CC)C(C)C)c1ccccc1OC. The van der Waals surface area contributed by atoms with Gasteiger partial charge in [-0.25, -0.2) is 0 Å². The van der Waals surface area contributed by atoms with Gasteiger partial charge in [0.2, 0.25) is 0 Å². The molecule has 1 N–H and O–H groups in total. The van der Waals surface area contributed by atoms with Crippen molar-refractivity contribution in [3.63, 3.8) is 0 Å². The van der Waals surface area contributed by atoms with Crippen molar-refractivity contribution in [3.8, 4) is 5.75 Å². The van der Waals surface area contributed by atoms with Gasteiger partial charge in [-0.1, -0.05) is 45.9 Å². The molecule has 0 aliphatic rings. The van der Waals surface area contributed by atoms with Crippen LogP contribution < -0.4 is 10.1 Å². The van der Waals surface area contributed by atoms with E-state index in [1.54, 1.807) is 7.11 Å². The Labute approximate surface area is 112 Å². The van der Waals surface area contributed by atoms with E-state index >= 15 is 0 Å². The van der Waals surface area contributed by atoms with Gasteiger partial charge in [0.05, 0.1) is 7.11 Å². The summed E-state index contributed by atoms with van der Waals surface area (Å²) in [6.45, 7) is 9.01. The second kappa shape index (κ2) is 7.42. The van der Waals surface area contributed by atoms with Crippen LogP contribution >= 0.6 is 0 Å². The third-order valence-electron chi connectivity index (χ3n) is 3.58. The monoisotopic (exact) mass is 249 g/mol. The maximum absolute atomic E-state index is 5.46. The fraction of sp³-hybridized carbons (Fsp3) is 0.625. The van der Waals surface area contributed by atoms with Gasteiger partial charge in [-0.15, -0.1) is 0 Å². The topological polar surface area (TPSA) is 21.3 Å². The van der Waals surface area contributed by atoms with Gasteiger partial charge in [0.15, 0.2) is 0 Å². The lowest BCUT2D eigenvalue weighted by Crippen LogP contribution is -2.36. The molecule has 2 heteroatoms. The molecule has 1 aromatic carbocycles. The van der Waals surface area contributed by atoms with Crippen LogP contribution in [0.25, 0.3) is 0 Å². The molecule has 102 valence electrons. The first-order valence-corrected chi connectivity index (χ1v) is 7.02. The Morgan fingerprint density at radius 2 is 1.78 bits per heavy atom. The van der Waals surface area contributed by atoms with Crippen molar-refractivity contribution in [1.29, 1.82) is 0 Å². The van der Waals surface area contributed by atoms with E-state index < -0.39 is 0 Å². The van der Waals surface area contributed by atoms with Gasteiger partial charge < -0.3 is 10.1 Å². The molecule has 0 amide bonds. The van der Waals surface area contributed by atoms with E-state index in [2.05, 4.69) is 45.1 Å². The second-order valence-electron chi connectivity index (χ2n) is 5.13. The van der Waals surface area contributed by atoms with Gasteiger partial charge in [0.25, 0.3) is 0 Å². The van der Waals surface area contributed by atoms with Crippen LogP contribution in [0.2, 0.25) is 0 Å². The summed E-state index contributed by atoms with van der Waals surface area (Å²) in [6.07, 6.45) is 2.23. The minimum atomic E-state index is 0.369. The summed E-state index contributed by atoms with van der Waals surface area (Å²) in [7, 11) is 1.74. The van der Waals surface area contributed by atoms with E-state index in [1.807, 2.05) is 12.1 Å². The summed E-state index contributed by atoms with van der Waals surface area (Å²) in [5.41, 5.74) is 1.27. The zero-order chi connectivity index (χ0) is 13.5. The molecule has 18 heavy (non-hydrogen) atoms. The van der Waals surface area contributed by atoms with Crippen LogP contribution in [0.15, 0.2) is 24.3 Å². The molecule has 0 heterocycles. The summed E-state index contributed by atoms with van der Waals surface area (Å²) in [5, 5.41) is 3.76. The van der Waals surface area contributed by atoms with E-state index in [4.69, 9.17) is 4.74 Å². The van der Waals surface area contributed by atoms with Crippen molar-refractivity contribution in [2.45, 2.75) is 52.6 Å². The van der Waals surface area contributed by atoms with Gasteiger partial charge in [-0.2, -0.15) is 0 Å². The maximum atomic E-state index is 5.46. The van der Waals surface area contributed by atoms with Crippen molar-refractivity contribution in [2.75, 3.05) is 7.11 Å². The second-order valence-corrected chi connectivity index (χ2v) is 5.13. The van der Waals surface area contributed by atoms with Gasteiger partial charge in [0.1, 0.15) is 5.75 Å². The number of rotatable bonds is 7. The summed E-state index contributed by atoms with van der Waals surface area (Å²) in [4.78, 5) is 0. The molecule has 0 radical (unpaired) electrons. The molecular weight excluding hydrogens is 222 g/mol. The third kappa shape index (κ3) is 3.74. The number of benzene rings is 1. The smallest absolute Gasteiger partial charge is 0.123 e. The summed E-state index contributed by atoms with van der Waals surface area (Å²) >= 11 is 0. The summed E-state index contributed by atoms with van der Waals surface area (Å²) in [6, 6.07) is 9.23. The summed E-state index contributed by atoms with van der Waals surface area (Å²) < 4.78 is 5.46. The molecule has 0 aliphatic heterocycles. The number of nitrogens with one attached hydrogen (secondary N) is 1. The normalized spacial score (nSPS) is 14.6. The standard InChI is InChI=1S/C16H27NO/c1-6-14(12(3)4)17-15(7-2)13-10-8-9-11-16(13)18-5/h8-12,14-15,17H,6-7H2,1-5H3. The van der Waals surface area contributed by atoms with Crippen LogP contribution in [0.4, 0.5) is 0 Å². The van der Waals surface area contributed by atoms with Crippen molar-refractivity contribution in [3.05, 3.63) is 29.8 Å². The first kappa shape index (κ1) is 15.0. The quantitative estimate of drug-likeness (QED) is 0.783. The van der Waals surface area contributed by atoms with Crippen LogP contribution in [0, 0.1) is 5.92 Å². The van der Waals surface area contributed by atoms with Gasteiger partial charge in [0, 0.05) is 17.6 Å². The highest BCUT2D eigenvalue weighted by Crippen LogP contribution is 2.28. The fourth-order valence-corrected chi connectivity index (χ4v) is 2.42. The van der Waals surface area contributed by atoms with Crippen molar-refractivity contribution in [2.24, 2.45) is 5.92 Å². The summed E-state index contributed by atoms with van der Waals surface area (Å²) in [5.74, 6) is 1.63. The van der Waals surface area contributed by atoms with E-state index in [-0.39, 0.29) is 0 Å². The largest absolute Gasteiger partial charge is 0.496 e. The van der Waals surface area contributed by atoms with Crippen LogP contribution in [0.1, 0.15) is 52.1 Å². The molecule has 0 fully saturated rings. The van der Waals surface area contributed by atoms with E-state index in [9.17, 15) is 0 Å². The molecule has 2 atom stereocenters. The molecule has 1 rings (SSSR count). The highest BCUT2D eigenvalue weighted by atomic mass is 16.5. The highest BCUT2D eigenvalue weighted by molar-refractivity contribution is 5.35. The number of methoxy groups -OCH3 is 1. The minimum absolute atomic E-state index is 0.369. The van der Waals surface area contributed by atoms with E-state index in [1.165, 1.54) is 5.56 Å². The van der Waals surface area contributed by atoms with Crippen molar-refractivity contribution in [1.82, 2.24) is 5.32 Å². The van der Waals surface area contributed by atoms with Gasteiger partial charge in [-0.3, -0.25) is 0 Å². The third-order valence-corrected chi connectivity index (χ3v) is 3.58. The Bertz CT molecular complexity index is 349. The lowest BCUT2D eigenvalue weighted by atomic mass is 9.97. The lowest BCUT2D eigenvalue weighted by molar-refractivity contribution is 0.331. The molecule has 1 aromatic rings. The van der Waals surface area contributed by atoms with Gasteiger partial charge in [-0.05, 0) is 24.8 Å². The molecule has 0 saturated carbocycles. The fourth-order valence-electron chi connectivity index (χ4n) is 2.42. The minimum Gasteiger partial charge on any atom is -0.496 e. The van der Waals surface area contributed by atoms with E-state index in [0.29, 0.717) is 18.0 Å². The number of hydrogen-bond donors (Lipinski definition) is 1. The molecule has 2 nitrogen and oxygen atoms in total. The lowest BCUT2D eigenvalue weighted by Gasteiger charge is -2.28. The molecular formula is C16H27NO.